The molecule has 4 aromatic carbocycles. The Kier molecular flexibility index (Phi) is 8.78. The topological polar surface area (TPSA) is 84.3 Å². The minimum Gasteiger partial charge on any atom is -0.326 e. The Morgan fingerprint density at radius 2 is 1.62 bits per heavy atom. The quantitative estimate of drug-likeness (QED) is 0.186. The zero-order chi connectivity index (χ0) is 33.5. The lowest BCUT2D eigenvalue weighted by Gasteiger charge is -2.21. The molecule has 0 atom stereocenters. The molecule has 5 aromatic rings. The van der Waals surface area contributed by atoms with Gasteiger partial charge in [-0.05, 0) is 76.6 Å². The van der Waals surface area contributed by atoms with Crippen LogP contribution in [0.1, 0.15) is 48.8 Å². The molecule has 6 rings (SSSR count). The van der Waals surface area contributed by atoms with Crippen molar-refractivity contribution in [3.63, 3.8) is 0 Å². The molecule has 0 bridgehead atoms. The van der Waals surface area contributed by atoms with E-state index in [1.807, 2.05) is 45.8 Å². The highest BCUT2D eigenvalue weighted by Crippen LogP contribution is 2.32. The SMILES string of the molecule is Cc1cc(-c2ccc(C=Cc3nc(-c4ccc(Cl)cc4Cl)cn3Cc3ccc(N4CC(=O)NS4(=O)=O)cc3)cc2)cc(C(C)(C)C)c1. The first-order valence-electron chi connectivity index (χ1n) is 15.1. The number of hydrogen-bond acceptors (Lipinski definition) is 4. The zero-order valence-electron chi connectivity index (χ0n) is 26.5. The Morgan fingerprint density at radius 1 is 0.894 bits per heavy atom. The van der Waals surface area contributed by atoms with Crippen molar-refractivity contribution in [2.75, 3.05) is 10.8 Å². The van der Waals surface area contributed by atoms with E-state index in [0.717, 1.165) is 26.6 Å². The number of aromatic nitrogens is 2. The van der Waals surface area contributed by atoms with Crippen molar-refractivity contribution in [1.29, 1.82) is 0 Å². The second kappa shape index (κ2) is 12.7. The Balaban J connectivity index is 1.29. The molecular weight excluding hydrogens is 651 g/mol. The minimum absolute atomic E-state index is 0.0644. The van der Waals surface area contributed by atoms with Crippen molar-refractivity contribution in [3.05, 3.63) is 129 Å². The Hall–Kier alpha value is -4.37. The fraction of sp³-hybridized carbons (Fsp3) is 0.189. The molecule has 1 saturated heterocycles. The van der Waals surface area contributed by atoms with E-state index < -0.39 is 16.1 Å². The summed E-state index contributed by atoms with van der Waals surface area (Å²) in [7, 11) is -3.88. The lowest BCUT2D eigenvalue weighted by molar-refractivity contribution is -0.117. The number of benzene rings is 4. The molecule has 0 saturated carbocycles. The largest absolute Gasteiger partial charge is 0.326 e. The van der Waals surface area contributed by atoms with Crippen LogP contribution in [-0.4, -0.2) is 30.4 Å². The van der Waals surface area contributed by atoms with Crippen molar-refractivity contribution in [2.45, 2.75) is 39.7 Å². The number of carbonyl (C=O) groups is 1. The van der Waals surface area contributed by atoms with Crippen LogP contribution >= 0.6 is 23.2 Å². The number of nitrogens with zero attached hydrogens (tertiary/aromatic N) is 3. The summed E-state index contributed by atoms with van der Waals surface area (Å²) >= 11 is 12.7. The van der Waals surface area contributed by atoms with Crippen LogP contribution in [0.25, 0.3) is 34.5 Å². The van der Waals surface area contributed by atoms with Gasteiger partial charge in [0.1, 0.15) is 12.4 Å². The average molecular weight is 686 g/mol. The molecule has 0 spiro atoms. The molecule has 0 radical (unpaired) electrons. The van der Waals surface area contributed by atoms with Crippen LogP contribution in [0.2, 0.25) is 10.0 Å². The zero-order valence-corrected chi connectivity index (χ0v) is 28.8. The molecule has 1 aromatic heterocycles. The Bertz CT molecular complexity index is 2110. The van der Waals surface area contributed by atoms with Crippen LogP contribution in [0, 0.1) is 6.92 Å². The van der Waals surface area contributed by atoms with Gasteiger partial charge >= 0.3 is 10.2 Å². The smallest absolute Gasteiger partial charge is 0.326 e. The van der Waals surface area contributed by atoms with Crippen LogP contribution < -0.4 is 9.03 Å². The molecule has 0 aliphatic carbocycles. The summed E-state index contributed by atoms with van der Waals surface area (Å²) in [5.74, 6) is 0.154. The number of nitrogens with one attached hydrogen (secondary N) is 1. The highest BCUT2D eigenvalue weighted by molar-refractivity contribution is 7.92. The van der Waals surface area contributed by atoms with Gasteiger partial charge in [0.15, 0.2) is 0 Å². The van der Waals surface area contributed by atoms with Crippen molar-refractivity contribution in [2.24, 2.45) is 0 Å². The predicted molar refractivity (Wildman–Crippen MR) is 192 cm³/mol. The predicted octanol–water partition coefficient (Wildman–Crippen LogP) is 8.53. The molecule has 1 N–H and O–H groups in total. The van der Waals surface area contributed by atoms with Gasteiger partial charge < -0.3 is 4.57 Å². The molecule has 2 heterocycles. The maximum atomic E-state index is 12.3. The average Bonchev–Trinajstić information content (AvgIpc) is 3.53. The van der Waals surface area contributed by atoms with Crippen LogP contribution in [0.15, 0.2) is 91.1 Å². The molecule has 47 heavy (non-hydrogen) atoms. The van der Waals surface area contributed by atoms with Gasteiger partial charge in [0.05, 0.1) is 16.4 Å². The monoisotopic (exact) mass is 684 g/mol. The third kappa shape index (κ3) is 7.30. The number of carbonyl (C=O) groups excluding carboxylic acids is 1. The van der Waals surface area contributed by atoms with E-state index in [1.165, 1.54) is 16.7 Å². The summed E-state index contributed by atoms with van der Waals surface area (Å²) in [6.07, 6.45) is 5.93. The number of halogens is 2. The van der Waals surface area contributed by atoms with Crippen molar-refractivity contribution < 1.29 is 13.2 Å². The third-order valence-corrected chi connectivity index (χ3v) is 9.98. The first-order valence-corrected chi connectivity index (χ1v) is 17.3. The van der Waals surface area contributed by atoms with Gasteiger partial charge in [-0.1, -0.05) is 110 Å². The normalized spacial score (nSPS) is 14.6. The third-order valence-electron chi connectivity index (χ3n) is 8.02. The summed E-state index contributed by atoms with van der Waals surface area (Å²) in [6.45, 7) is 9.04. The van der Waals surface area contributed by atoms with E-state index in [9.17, 15) is 13.2 Å². The van der Waals surface area contributed by atoms with E-state index in [2.05, 4.69) is 70.2 Å². The second-order valence-corrected chi connectivity index (χ2v) is 15.2. The minimum atomic E-state index is -3.88. The van der Waals surface area contributed by atoms with Crippen molar-refractivity contribution >= 4 is 57.2 Å². The number of imidazole rings is 1. The number of hydrogen-bond donors (Lipinski definition) is 1. The summed E-state index contributed by atoms with van der Waals surface area (Å²) in [5.41, 5.74) is 8.77. The van der Waals surface area contributed by atoms with Gasteiger partial charge in [-0.15, -0.1) is 0 Å². The summed E-state index contributed by atoms with van der Waals surface area (Å²) in [6, 6.07) is 27.6. The number of amides is 1. The molecular formula is C37H34Cl2N4O3S. The van der Waals surface area contributed by atoms with E-state index in [-0.39, 0.29) is 12.0 Å². The van der Waals surface area contributed by atoms with Gasteiger partial charge in [-0.3, -0.25) is 4.79 Å². The first-order chi connectivity index (χ1) is 22.2. The highest BCUT2D eigenvalue weighted by Gasteiger charge is 2.33. The molecule has 1 amide bonds. The maximum absolute atomic E-state index is 12.3. The van der Waals surface area contributed by atoms with Gasteiger partial charge in [-0.2, -0.15) is 8.42 Å². The molecule has 10 heteroatoms. The molecule has 1 aliphatic rings. The summed E-state index contributed by atoms with van der Waals surface area (Å²) in [5, 5.41) is 1.04. The Morgan fingerprint density at radius 3 is 2.26 bits per heavy atom. The van der Waals surface area contributed by atoms with Crippen LogP contribution in [0.4, 0.5) is 5.69 Å². The first kappa shape index (κ1) is 32.6. The van der Waals surface area contributed by atoms with Gasteiger partial charge in [0, 0.05) is 23.3 Å². The van der Waals surface area contributed by atoms with Crippen LogP contribution in [-0.2, 0) is 27.0 Å². The van der Waals surface area contributed by atoms with Crippen molar-refractivity contribution in [3.8, 4) is 22.4 Å². The van der Waals surface area contributed by atoms with E-state index in [0.29, 0.717) is 33.8 Å². The van der Waals surface area contributed by atoms with Crippen LogP contribution in [0.3, 0.4) is 0 Å². The molecule has 0 unspecified atom stereocenters. The maximum Gasteiger partial charge on any atom is 0.326 e. The highest BCUT2D eigenvalue weighted by atomic mass is 35.5. The standard InChI is InChI=1S/C37H34Cl2N4O3S/c1-24-17-28(19-29(18-24)37(2,3)4)27-10-5-25(6-11-27)9-16-35-40-34(32-15-12-30(38)20-33(32)39)22-42(35)21-26-7-13-31(14-8-26)43-23-36(44)41-47(43,45)46/h5-20,22H,21,23H2,1-4H3,(H,41,44). The van der Waals surface area contributed by atoms with Crippen LogP contribution in [0.5, 0.6) is 0 Å². The van der Waals surface area contributed by atoms with Gasteiger partial charge in [0.25, 0.3) is 5.91 Å². The van der Waals surface area contributed by atoms with E-state index >= 15 is 0 Å². The van der Waals surface area contributed by atoms with Gasteiger partial charge in [-0.25, -0.2) is 14.0 Å². The molecule has 7 nitrogen and oxygen atoms in total. The molecule has 240 valence electrons. The van der Waals surface area contributed by atoms with Gasteiger partial charge in [0.2, 0.25) is 0 Å². The van der Waals surface area contributed by atoms with E-state index in [1.54, 1.807) is 24.3 Å². The lowest BCUT2D eigenvalue weighted by atomic mass is 9.84. The molecule has 1 aliphatic heterocycles. The van der Waals surface area contributed by atoms with E-state index in [4.69, 9.17) is 28.2 Å². The summed E-state index contributed by atoms with van der Waals surface area (Å²) < 4.78 is 29.6. The number of aryl methyl sites for hydroxylation is 1. The summed E-state index contributed by atoms with van der Waals surface area (Å²) in [4.78, 5) is 16.6. The second-order valence-electron chi connectivity index (χ2n) is 12.7. The Labute approximate surface area is 285 Å². The number of anilines is 1. The fourth-order valence-electron chi connectivity index (χ4n) is 5.50. The number of rotatable bonds is 7. The lowest BCUT2D eigenvalue weighted by Crippen LogP contribution is -2.29. The van der Waals surface area contributed by atoms with Crippen molar-refractivity contribution in [1.82, 2.24) is 14.3 Å². The molecule has 1 fully saturated rings. The fourth-order valence-corrected chi connectivity index (χ4v) is 7.15.